The first-order valence-corrected chi connectivity index (χ1v) is 4.73. The highest BCUT2D eigenvalue weighted by Gasteiger charge is 2.58. The Kier molecular flexibility index (Phi) is 1.75. The van der Waals surface area contributed by atoms with Gasteiger partial charge in [-0.15, -0.1) is 0 Å². The van der Waals surface area contributed by atoms with Crippen LogP contribution in [-0.2, 0) is 14.3 Å². The minimum atomic E-state index is -0.944. The van der Waals surface area contributed by atoms with Crippen molar-refractivity contribution in [3.63, 3.8) is 0 Å². The van der Waals surface area contributed by atoms with E-state index in [0.29, 0.717) is 19.3 Å². The van der Waals surface area contributed by atoms with Crippen LogP contribution in [0.4, 0.5) is 0 Å². The second-order valence-corrected chi connectivity index (χ2v) is 4.48. The van der Waals surface area contributed by atoms with Gasteiger partial charge in [0.25, 0.3) is 0 Å². The van der Waals surface area contributed by atoms with Crippen molar-refractivity contribution in [1.29, 1.82) is 0 Å². The summed E-state index contributed by atoms with van der Waals surface area (Å²) >= 11 is 0. The van der Waals surface area contributed by atoms with Crippen molar-refractivity contribution in [1.82, 2.24) is 0 Å². The van der Waals surface area contributed by atoms with E-state index in [1.807, 2.05) is 6.92 Å². The first kappa shape index (κ1) is 9.61. The fraction of sp³-hybridized carbons (Fsp3) is 0.778. The summed E-state index contributed by atoms with van der Waals surface area (Å²) in [5.41, 5.74) is 9.39. The summed E-state index contributed by atoms with van der Waals surface area (Å²) in [4.78, 5) is 22.7. The zero-order chi connectivity index (χ0) is 10.6. The van der Waals surface area contributed by atoms with Crippen molar-refractivity contribution in [2.24, 2.45) is 17.4 Å². The molecule has 0 aromatic rings. The minimum Gasteiger partial charge on any atom is -0.390 e. The minimum absolute atomic E-state index is 0.0933. The van der Waals surface area contributed by atoms with Crippen molar-refractivity contribution in [3.05, 3.63) is 0 Å². The Balaban J connectivity index is 1.92. The highest BCUT2D eigenvalue weighted by atomic mass is 16.6. The molecular weight excluding hydrogens is 184 g/mol. The van der Waals surface area contributed by atoms with Gasteiger partial charge < -0.3 is 16.2 Å². The fourth-order valence-corrected chi connectivity index (χ4v) is 1.35. The van der Waals surface area contributed by atoms with Gasteiger partial charge in [-0.2, -0.15) is 0 Å². The number of ether oxygens (including phenoxy) is 1. The number of carbonyl (C=O) groups is 2. The van der Waals surface area contributed by atoms with E-state index < -0.39 is 23.0 Å². The number of hydrogen-bond donors (Lipinski definition) is 2. The lowest BCUT2D eigenvalue weighted by Crippen LogP contribution is -2.43. The molecule has 78 valence electrons. The van der Waals surface area contributed by atoms with Crippen LogP contribution in [0.5, 0.6) is 0 Å². The lowest BCUT2D eigenvalue weighted by Gasteiger charge is -2.11. The van der Waals surface area contributed by atoms with Gasteiger partial charge in [-0.3, -0.25) is 0 Å². The number of esters is 2. The highest BCUT2D eigenvalue weighted by molar-refractivity contribution is 5.97. The van der Waals surface area contributed by atoms with E-state index in [9.17, 15) is 9.59 Å². The number of nitrogens with two attached hydrogens (primary N) is 2. The van der Waals surface area contributed by atoms with Crippen LogP contribution in [0.2, 0.25) is 0 Å². The quantitative estimate of drug-likeness (QED) is 0.451. The second-order valence-electron chi connectivity index (χ2n) is 4.48. The van der Waals surface area contributed by atoms with E-state index in [0.717, 1.165) is 0 Å². The Morgan fingerprint density at radius 3 is 2.14 bits per heavy atom. The van der Waals surface area contributed by atoms with Crippen LogP contribution in [0.3, 0.4) is 0 Å². The van der Waals surface area contributed by atoms with Crippen LogP contribution in [0.1, 0.15) is 26.2 Å². The van der Waals surface area contributed by atoms with Crippen molar-refractivity contribution in [3.8, 4) is 0 Å². The molecule has 4 N–H and O–H groups in total. The van der Waals surface area contributed by atoms with Crippen LogP contribution in [-0.4, -0.2) is 23.0 Å². The summed E-state index contributed by atoms with van der Waals surface area (Å²) in [5, 5.41) is 0. The topological polar surface area (TPSA) is 95.4 Å². The van der Waals surface area contributed by atoms with Crippen LogP contribution in [0.15, 0.2) is 0 Å². The molecule has 5 nitrogen and oxygen atoms in total. The number of rotatable bonds is 2. The van der Waals surface area contributed by atoms with Gasteiger partial charge in [0, 0.05) is 0 Å². The Hall–Kier alpha value is -0.940. The summed E-state index contributed by atoms with van der Waals surface area (Å²) in [6.07, 6.45) is 1.76. The molecule has 2 saturated carbocycles. The summed E-state index contributed by atoms with van der Waals surface area (Å²) in [7, 11) is 0. The molecule has 0 aliphatic heterocycles. The summed E-state index contributed by atoms with van der Waals surface area (Å²) in [6, 6.07) is 0. The molecule has 5 heteroatoms. The molecule has 0 saturated heterocycles. The largest absolute Gasteiger partial charge is 0.390 e. The Morgan fingerprint density at radius 1 is 1.29 bits per heavy atom. The van der Waals surface area contributed by atoms with Crippen molar-refractivity contribution >= 4 is 11.9 Å². The maximum Gasteiger partial charge on any atom is 0.334 e. The molecule has 2 fully saturated rings. The van der Waals surface area contributed by atoms with Gasteiger partial charge in [-0.25, -0.2) is 9.59 Å². The standard InChI is InChI=1S/C9H14N2O3/c1-5-4-9(5,11)7(13)14-6(12)8(10)2-3-8/h5H,2-4,10-11H2,1H3. The number of carbonyl (C=O) groups excluding carboxylic acids is 2. The van der Waals surface area contributed by atoms with Crippen molar-refractivity contribution in [2.75, 3.05) is 0 Å². The monoisotopic (exact) mass is 198 g/mol. The lowest BCUT2D eigenvalue weighted by atomic mass is 10.2. The van der Waals surface area contributed by atoms with Crippen molar-refractivity contribution < 1.29 is 14.3 Å². The fourth-order valence-electron chi connectivity index (χ4n) is 1.35. The maximum absolute atomic E-state index is 11.4. The predicted molar refractivity (Wildman–Crippen MR) is 48.0 cm³/mol. The van der Waals surface area contributed by atoms with Gasteiger partial charge in [-0.1, -0.05) is 6.92 Å². The predicted octanol–water partition coefficient (Wildman–Crippen LogP) is -0.715. The smallest absolute Gasteiger partial charge is 0.334 e. The molecule has 2 aliphatic carbocycles. The van der Waals surface area contributed by atoms with Gasteiger partial charge >= 0.3 is 11.9 Å². The molecule has 0 spiro atoms. The van der Waals surface area contributed by atoms with Gasteiger partial charge in [0.05, 0.1) is 0 Å². The molecule has 0 heterocycles. The molecule has 2 unspecified atom stereocenters. The SMILES string of the molecule is CC1CC1(N)C(=O)OC(=O)C1(N)CC1. The lowest BCUT2D eigenvalue weighted by molar-refractivity contribution is -0.163. The third kappa shape index (κ3) is 1.33. The average molecular weight is 198 g/mol. The maximum atomic E-state index is 11.4. The molecule has 0 amide bonds. The molecule has 2 aliphatic rings. The molecule has 0 bridgehead atoms. The van der Waals surface area contributed by atoms with Crippen LogP contribution < -0.4 is 11.5 Å². The normalized spacial score (nSPS) is 37.5. The second kappa shape index (κ2) is 2.55. The zero-order valence-electron chi connectivity index (χ0n) is 8.08. The van der Waals surface area contributed by atoms with E-state index in [1.54, 1.807) is 0 Å². The van der Waals surface area contributed by atoms with Crippen molar-refractivity contribution in [2.45, 2.75) is 37.3 Å². The molecule has 0 aromatic carbocycles. The highest BCUT2D eigenvalue weighted by Crippen LogP contribution is 2.42. The molecule has 14 heavy (non-hydrogen) atoms. The van der Waals surface area contributed by atoms with E-state index >= 15 is 0 Å². The van der Waals surface area contributed by atoms with Gasteiger partial charge in [-0.05, 0) is 25.2 Å². The van der Waals surface area contributed by atoms with E-state index in [-0.39, 0.29) is 5.92 Å². The molecule has 0 radical (unpaired) electrons. The van der Waals surface area contributed by atoms with E-state index in [2.05, 4.69) is 4.74 Å². The summed E-state index contributed by atoms with van der Waals surface area (Å²) in [5.74, 6) is -1.17. The average Bonchev–Trinajstić information content (AvgIpc) is 2.95. The molecule has 2 rings (SSSR count). The van der Waals surface area contributed by atoms with Gasteiger partial charge in [0.2, 0.25) is 0 Å². The third-order valence-corrected chi connectivity index (χ3v) is 3.12. The Morgan fingerprint density at radius 2 is 1.79 bits per heavy atom. The molecule has 0 aromatic heterocycles. The molecule has 2 atom stereocenters. The summed E-state index contributed by atoms with van der Waals surface area (Å²) in [6.45, 7) is 1.85. The summed E-state index contributed by atoms with van der Waals surface area (Å²) < 4.78 is 4.65. The first-order chi connectivity index (χ1) is 6.38. The Bertz CT molecular complexity index is 311. The van der Waals surface area contributed by atoms with E-state index in [1.165, 1.54) is 0 Å². The van der Waals surface area contributed by atoms with Crippen LogP contribution >= 0.6 is 0 Å². The Labute approximate surface area is 81.8 Å². The molecular formula is C9H14N2O3. The van der Waals surface area contributed by atoms with Gasteiger partial charge in [0.1, 0.15) is 11.1 Å². The van der Waals surface area contributed by atoms with Gasteiger partial charge in [0.15, 0.2) is 0 Å². The third-order valence-electron chi connectivity index (χ3n) is 3.12. The first-order valence-electron chi connectivity index (χ1n) is 4.73. The van der Waals surface area contributed by atoms with Crippen LogP contribution in [0, 0.1) is 5.92 Å². The zero-order valence-corrected chi connectivity index (χ0v) is 8.08. The van der Waals surface area contributed by atoms with E-state index in [4.69, 9.17) is 11.5 Å². The number of hydrogen-bond acceptors (Lipinski definition) is 5. The van der Waals surface area contributed by atoms with Crippen LogP contribution in [0.25, 0.3) is 0 Å².